The number of carbonyl (C=O) groups is 2. The Balaban J connectivity index is 2.54. The number of carboxylic acids is 2. The van der Waals surface area contributed by atoms with Crippen LogP contribution in [0.1, 0.15) is 33.1 Å². The summed E-state index contributed by atoms with van der Waals surface area (Å²) in [5, 5.41) is 18.7. The molecule has 0 radical (unpaired) electrons. The smallest absolute Gasteiger partial charge is 0.308 e. The molecule has 4 unspecified atom stereocenters. The van der Waals surface area contributed by atoms with Gasteiger partial charge < -0.3 is 10.2 Å². The lowest BCUT2D eigenvalue weighted by Crippen LogP contribution is -2.41. The molecule has 0 aromatic rings. The Bertz CT molecular complexity index is 364. The molecule has 0 aromatic carbocycles. The van der Waals surface area contributed by atoms with Gasteiger partial charge in [0, 0.05) is 10.8 Å². The highest BCUT2D eigenvalue weighted by atomic mass is 16.4. The Morgan fingerprint density at radius 3 is 1.65 bits per heavy atom. The average Bonchev–Trinajstić information content (AvgIpc) is 2.80. The maximum Gasteiger partial charge on any atom is 0.308 e. The van der Waals surface area contributed by atoms with Crippen LogP contribution in [0.15, 0.2) is 12.2 Å². The Labute approximate surface area is 100 Å². The number of fused-ring (bicyclic) bond motifs is 2. The Hall–Kier alpha value is -1.32. The highest BCUT2D eigenvalue weighted by Crippen LogP contribution is 2.66. The summed E-state index contributed by atoms with van der Waals surface area (Å²) in [6, 6.07) is 0. The predicted molar refractivity (Wildman–Crippen MR) is 61.5 cm³/mol. The fraction of sp³-hybridized carbons (Fsp3) is 0.692. The number of rotatable bonds is 4. The zero-order valence-corrected chi connectivity index (χ0v) is 10.1. The normalized spacial score (nSPS) is 42.9. The number of carboxylic acid groups (broad SMARTS) is 2. The molecule has 4 atom stereocenters. The van der Waals surface area contributed by atoms with Crippen LogP contribution >= 0.6 is 0 Å². The number of hydrogen-bond donors (Lipinski definition) is 2. The summed E-state index contributed by atoms with van der Waals surface area (Å²) in [4.78, 5) is 22.9. The summed E-state index contributed by atoms with van der Waals surface area (Å²) in [7, 11) is 0. The van der Waals surface area contributed by atoms with Crippen molar-refractivity contribution in [2.45, 2.75) is 33.1 Å². The Morgan fingerprint density at radius 1 is 1.06 bits per heavy atom. The van der Waals surface area contributed by atoms with E-state index in [0.29, 0.717) is 19.3 Å². The molecule has 2 aliphatic carbocycles. The van der Waals surface area contributed by atoms with Crippen LogP contribution in [0.25, 0.3) is 0 Å². The largest absolute Gasteiger partial charge is 0.481 e. The third-order valence-electron chi connectivity index (χ3n) is 4.83. The summed E-state index contributed by atoms with van der Waals surface area (Å²) in [6.45, 7) is 3.88. The van der Waals surface area contributed by atoms with Gasteiger partial charge in [-0.15, -0.1) is 0 Å². The van der Waals surface area contributed by atoms with E-state index in [0.717, 1.165) is 0 Å². The van der Waals surface area contributed by atoms with Crippen LogP contribution < -0.4 is 0 Å². The van der Waals surface area contributed by atoms with Gasteiger partial charge in [0.2, 0.25) is 0 Å². The molecule has 4 nitrogen and oxygen atoms in total. The van der Waals surface area contributed by atoms with Crippen LogP contribution in [0, 0.1) is 22.7 Å². The van der Waals surface area contributed by atoms with Crippen LogP contribution in [-0.2, 0) is 9.59 Å². The van der Waals surface area contributed by atoms with Crippen LogP contribution in [0.4, 0.5) is 0 Å². The molecule has 1 saturated carbocycles. The summed E-state index contributed by atoms with van der Waals surface area (Å²) in [5.74, 6) is -3.51. The van der Waals surface area contributed by atoms with E-state index < -0.39 is 34.6 Å². The summed E-state index contributed by atoms with van der Waals surface area (Å²) in [5.41, 5.74) is -0.907. The Kier molecular flexibility index (Phi) is 2.56. The Morgan fingerprint density at radius 2 is 1.41 bits per heavy atom. The topological polar surface area (TPSA) is 74.6 Å². The molecule has 0 heterocycles. The van der Waals surface area contributed by atoms with Crippen molar-refractivity contribution in [2.24, 2.45) is 22.7 Å². The fourth-order valence-corrected chi connectivity index (χ4v) is 3.86. The van der Waals surface area contributed by atoms with Gasteiger partial charge in [0.05, 0.1) is 11.8 Å². The van der Waals surface area contributed by atoms with Crippen molar-refractivity contribution in [3.63, 3.8) is 0 Å². The zero-order chi connectivity index (χ0) is 12.8. The summed E-state index contributed by atoms with van der Waals surface area (Å²) < 4.78 is 0. The molecule has 1 fully saturated rings. The minimum absolute atomic E-state index is 0.453. The second kappa shape index (κ2) is 3.59. The van der Waals surface area contributed by atoms with Crippen molar-refractivity contribution in [1.29, 1.82) is 0 Å². The van der Waals surface area contributed by atoms with Crippen molar-refractivity contribution in [3.05, 3.63) is 12.2 Å². The van der Waals surface area contributed by atoms with Gasteiger partial charge >= 0.3 is 11.9 Å². The van der Waals surface area contributed by atoms with E-state index in [4.69, 9.17) is 0 Å². The van der Waals surface area contributed by atoms with Crippen LogP contribution in [0.5, 0.6) is 0 Å². The molecular weight excluding hydrogens is 220 g/mol. The van der Waals surface area contributed by atoms with Gasteiger partial charge in [0.15, 0.2) is 0 Å². The monoisotopic (exact) mass is 238 g/mol. The first-order valence-corrected chi connectivity index (χ1v) is 6.08. The van der Waals surface area contributed by atoms with Crippen molar-refractivity contribution in [1.82, 2.24) is 0 Å². The third-order valence-corrected chi connectivity index (χ3v) is 4.83. The maximum absolute atomic E-state index is 11.4. The molecule has 0 aromatic heterocycles. The van der Waals surface area contributed by atoms with E-state index in [1.165, 1.54) is 0 Å². The maximum atomic E-state index is 11.4. The summed E-state index contributed by atoms with van der Waals surface area (Å²) >= 11 is 0. The van der Waals surface area contributed by atoms with Gasteiger partial charge in [-0.2, -0.15) is 0 Å². The molecular formula is C13H18O4. The lowest BCUT2D eigenvalue weighted by molar-refractivity contribution is -0.157. The van der Waals surface area contributed by atoms with Crippen molar-refractivity contribution < 1.29 is 19.8 Å². The second-order valence-corrected chi connectivity index (χ2v) is 5.32. The SMILES string of the molecule is CCC12C=CC(CC)(C1)C(C(=O)O)C2C(=O)O. The molecule has 2 N–H and O–H groups in total. The lowest BCUT2D eigenvalue weighted by atomic mass is 9.69. The standard InChI is InChI=1S/C13H18O4/c1-3-12-5-6-13(4-2,7-12)9(11(16)17)8(12)10(14)15/h5-6,8-9H,3-4,7H2,1-2H3,(H,14,15)(H,16,17). The molecule has 4 heteroatoms. The third kappa shape index (κ3) is 1.36. The lowest BCUT2D eigenvalue weighted by Gasteiger charge is -2.33. The van der Waals surface area contributed by atoms with E-state index in [2.05, 4.69) is 0 Å². The minimum atomic E-state index is -0.973. The number of allylic oxidation sites excluding steroid dienone is 2. The van der Waals surface area contributed by atoms with Crippen LogP contribution in [0.2, 0.25) is 0 Å². The molecule has 2 bridgehead atoms. The molecule has 17 heavy (non-hydrogen) atoms. The van der Waals surface area contributed by atoms with Gasteiger partial charge in [-0.25, -0.2) is 0 Å². The van der Waals surface area contributed by atoms with Crippen LogP contribution in [-0.4, -0.2) is 22.2 Å². The van der Waals surface area contributed by atoms with E-state index in [1.807, 2.05) is 26.0 Å². The van der Waals surface area contributed by atoms with Crippen molar-refractivity contribution in [2.75, 3.05) is 0 Å². The molecule has 94 valence electrons. The van der Waals surface area contributed by atoms with Gasteiger partial charge in [-0.05, 0) is 19.3 Å². The molecule has 0 aliphatic heterocycles. The molecule has 0 saturated heterocycles. The minimum Gasteiger partial charge on any atom is -0.481 e. The van der Waals surface area contributed by atoms with Crippen molar-refractivity contribution >= 4 is 11.9 Å². The van der Waals surface area contributed by atoms with Crippen LogP contribution in [0.3, 0.4) is 0 Å². The van der Waals surface area contributed by atoms with Gasteiger partial charge in [-0.1, -0.05) is 26.0 Å². The molecule has 2 aliphatic rings. The van der Waals surface area contributed by atoms with Gasteiger partial charge in [0.25, 0.3) is 0 Å². The highest BCUT2D eigenvalue weighted by Gasteiger charge is 2.66. The quantitative estimate of drug-likeness (QED) is 0.736. The first kappa shape index (κ1) is 12.1. The highest BCUT2D eigenvalue weighted by molar-refractivity contribution is 5.84. The first-order chi connectivity index (χ1) is 7.92. The zero-order valence-electron chi connectivity index (χ0n) is 10.1. The van der Waals surface area contributed by atoms with E-state index in [-0.39, 0.29) is 0 Å². The molecule has 0 spiro atoms. The van der Waals surface area contributed by atoms with Gasteiger partial charge in [0.1, 0.15) is 0 Å². The fourth-order valence-electron chi connectivity index (χ4n) is 3.86. The number of aliphatic carboxylic acids is 2. The van der Waals surface area contributed by atoms with E-state index in [9.17, 15) is 19.8 Å². The first-order valence-electron chi connectivity index (χ1n) is 6.08. The summed E-state index contributed by atoms with van der Waals surface area (Å²) in [6.07, 6.45) is 5.95. The average molecular weight is 238 g/mol. The second-order valence-electron chi connectivity index (χ2n) is 5.32. The van der Waals surface area contributed by atoms with E-state index >= 15 is 0 Å². The predicted octanol–water partition coefficient (Wildman–Crippen LogP) is 2.15. The molecule has 0 amide bonds. The number of hydrogen-bond acceptors (Lipinski definition) is 2. The van der Waals surface area contributed by atoms with Gasteiger partial charge in [-0.3, -0.25) is 9.59 Å². The van der Waals surface area contributed by atoms with E-state index in [1.54, 1.807) is 0 Å². The molecule has 2 rings (SSSR count). The van der Waals surface area contributed by atoms with Crippen molar-refractivity contribution in [3.8, 4) is 0 Å².